The second kappa shape index (κ2) is 6.45. The Morgan fingerprint density at radius 3 is 2.63 bits per heavy atom. The van der Waals surface area contributed by atoms with Crippen LogP contribution >= 0.6 is 15.9 Å². The fourth-order valence-electron chi connectivity index (χ4n) is 1.67. The van der Waals surface area contributed by atoms with Crippen molar-refractivity contribution in [3.8, 4) is 0 Å². The molecule has 1 amide bonds. The molecule has 0 saturated carbocycles. The largest absolute Gasteiger partial charge is 0.390 e. The molecule has 0 atom stereocenters. The van der Waals surface area contributed by atoms with Gasteiger partial charge >= 0.3 is 6.18 Å². The number of aromatic nitrogens is 1. The minimum absolute atomic E-state index is 0.336. The van der Waals surface area contributed by atoms with Crippen LogP contribution in [0.1, 0.15) is 30.3 Å². The minimum atomic E-state index is -4.25. The van der Waals surface area contributed by atoms with Crippen LogP contribution < -0.4 is 0 Å². The summed E-state index contributed by atoms with van der Waals surface area (Å²) in [6.07, 6.45) is -2.65. The molecule has 19 heavy (non-hydrogen) atoms. The molecular formula is C12H16BrF3N2O. The van der Waals surface area contributed by atoms with E-state index in [1.165, 1.54) is 7.05 Å². The molecule has 0 aromatic carbocycles. The molecule has 0 N–H and O–H groups in total. The summed E-state index contributed by atoms with van der Waals surface area (Å²) in [6.45, 7) is 2.28. The van der Waals surface area contributed by atoms with Crippen molar-refractivity contribution in [2.24, 2.45) is 0 Å². The van der Waals surface area contributed by atoms with Crippen molar-refractivity contribution in [1.82, 2.24) is 9.47 Å². The van der Waals surface area contributed by atoms with Crippen molar-refractivity contribution >= 4 is 21.8 Å². The van der Waals surface area contributed by atoms with E-state index in [1.54, 1.807) is 16.8 Å². The second-order valence-corrected chi connectivity index (χ2v) is 5.24. The molecule has 0 bridgehead atoms. The molecule has 1 aromatic heterocycles. The number of hydrogen-bond donors (Lipinski definition) is 0. The molecule has 0 radical (unpaired) electrons. The van der Waals surface area contributed by atoms with Gasteiger partial charge in [0.15, 0.2) is 0 Å². The van der Waals surface area contributed by atoms with Gasteiger partial charge in [0.05, 0.1) is 6.42 Å². The van der Waals surface area contributed by atoms with E-state index in [0.29, 0.717) is 12.2 Å². The van der Waals surface area contributed by atoms with Gasteiger partial charge in [0, 0.05) is 30.8 Å². The van der Waals surface area contributed by atoms with Gasteiger partial charge in [-0.2, -0.15) is 13.2 Å². The van der Waals surface area contributed by atoms with Crippen LogP contribution in [0, 0.1) is 0 Å². The van der Waals surface area contributed by atoms with Gasteiger partial charge in [0.1, 0.15) is 5.69 Å². The van der Waals surface area contributed by atoms with Gasteiger partial charge in [-0.05, 0) is 28.4 Å². The highest BCUT2D eigenvalue weighted by atomic mass is 79.9. The number of nitrogens with zero attached hydrogens (tertiary/aromatic N) is 2. The Hall–Kier alpha value is -0.980. The summed E-state index contributed by atoms with van der Waals surface area (Å²) in [5, 5.41) is 0. The molecule has 1 rings (SSSR count). The Labute approximate surface area is 118 Å². The predicted molar refractivity (Wildman–Crippen MR) is 70.1 cm³/mol. The SMILES string of the molecule is CCCn1cc(Br)cc1C(=O)N(C)CCC(F)(F)F. The molecular weight excluding hydrogens is 325 g/mol. The number of hydrogen-bond acceptors (Lipinski definition) is 1. The van der Waals surface area contributed by atoms with E-state index in [-0.39, 0.29) is 6.54 Å². The fraction of sp³-hybridized carbons (Fsp3) is 0.583. The molecule has 7 heteroatoms. The maximum absolute atomic E-state index is 12.1. The zero-order chi connectivity index (χ0) is 14.6. The lowest BCUT2D eigenvalue weighted by Gasteiger charge is -2.19. The van der Waals surface area contributed by atoms with E-state index in [0.717, 1.165) is 15.8 Å². The average Bonchev–Trinajstić information content (AvgIpc) is 2.66. The van der Waals surface area contributed by atoms with Gasteiger partial charge in [0.25, 0.3) is 5.91 Å². The number of amides is 1. The number of aryl methyl sites for hydroxylation is 1. The van der Waals surface area contributed by atoms with Crippen molar-refractivity contribution in [1.29, 1.82) is 0 Å². The maximum Gasteiger partial charge on any atom is 0.390 e. The van der Waals surface area contributed by atoms with Crippen molar-refractivity contribution in [3.63, 3.8) is 0 Å². The highest BCUT2D eigenvalue weighted by molar-refractivity contribution is 9.10. The lowest BCUT2D eigenvalue weighted by molar-refractivity contribution is -0.136. The van der Waals surface area contributed by atoms with E-state index in [4.69, 9.17) is 0 Å². The van der Waals surface area contributed by atoms with Crippen LogP contribution in [-0.4, -0.2) is 35.1 Å². The van der Waals surface area contributed by atoms with E-state index < -0.39 is 18.5 Å². The molecule has 0 aliphatic rings. The van der Waals surface area contributed by atoms with Crippen LogP contribution in [0.15, 0.2) is 16.7 Å². The zero-order valence-corrected chi connectivity index (χ0v) is 12.4. The third-order valence-corrected chi connectivity index (χ3v) is 3.06. The monoisotopic (exact) mass is 340 g/mol. The summed E-state index contributed by atoms with van der Waals surface area (Å²) in [5.41, 5.74) is 0.401. The van der Waals surface area contributed by atoms with Gasteiger partial charge in [-0.1, -0.05) is 6.92 Å². The molecule has 1 heterocycles. The first-order valence-electron chi connectivity index (χ1n) is 5.92. The predicted octanol–water partition coefficient (Wildman–Crippen LogP) is 3.69. The summed E-state index contributed by atoms with van der Waals surface area (Å²) in [5.74, 6) is -0.400. The van der Waals surface area contributed by atoms with Gasteiger partial charge in [-0.3, -0.25) is 4.79 Å². The molecule has 0 fully saturated rings. The van der Waals surface area contributed by atoms with Crippen LogP contribution in [0.4, 0.5) is 13.2 Å². The number of halogens is 4. The van der Waals surface area contributed by atoms with Crippen LogP contribution in [-0.2, 0) is 6.54 Å². The quantitative estimate of drug-likeness (QED) is 0.802. The molecule has 0 aliphatic heterocycles. The fourth-order valence-corrected chi connectivity index (χ4v) is 2.14. The summed E-state index contributed by atoms with van der Waals surface area (Å²) in [4.78, 5) is 13.2. The standard InChI is InChI=1S/C12H16BrF3N2O/c1-3-5-18-8-9(13)7-10(18)11(19)17(2)6-4-12(14,15)16/h7-8H,3-6H2,1-2H3. The molecule has 0 spiro atoms. The maximum atomic E-state index is 12.1. The third kappa shape index (κ3) is 4.89. The third-order valence-electron chi connectivity index (χ3n) is 2.62. The van der Waals surface area contributed by atoms with Gasteiger partial charge in [0.2, 0.25) is 0 Å². The summed E-state index contributed by atoms with van der Waals surface area (Å²) in [7, 11) is 1.38. The van der Waals surface area contributed by atoms with Crippen molar-refractivity contribution in [3.05, 3.63) is 22.4 Å². The van der Waals surface area contributed by atoms with E-state index >= 15 is 0 Å². The van der Waals surface area contributed by atoms with Crippen molar-refractivity contribution < 1.29 is 18.0 Å². The Kier molecular flexibility index (Phi) is 5.46. The van der Waals surface area contributed by atoms with Gasteiger partial charge in [-0.25, -0.2) is 0 Å². The number of alkyl halides is 3. The molecule has 1 aromatic rings. The number of carbonyl (C=O) groups is 1. The summed E-state index contributed by atoms with van der Waals surface area (Å²) < 4.78 is 38.9. The number of carbonyl (C=O) groups excluding carboxylic acids is 1. The summed E-state index contributed by atoms with van der Waals surface area (Å²) in [6, 6.07) is 1.63. The molecule has 3 nitrogen and oxygen atoms in total. The minimum Gasteiger partial charge on any atom is -0.342 e. The Bertz CT molecular complexity index is 443. The van der Waals surface area contributed by atoms with E-state index in [1.807, 2.05) is 6.92 Å². The Morgan fingerprint density at radius 2 is 2.11 bits per heavy atom. The lowest BCUT2D eigenvalue weighted by Crippen LogP contribution is -2.32. The first-order valence-corrected chi connectivity index (χ1v) is 6.71. The van der Waals surface area contributed by atoms with Crippen molar-refractivity contribution in [2.45, 2.75) is 32.5 Å². The van der Waals surface area contributed by atoms with E-state index in [2.05, 4.69) is 15.9 Å². The second-order valence-electron chi connectivity index (χ2n) is 4.33. The van der Waals surface area contributed by atoms with Crippen LogP contribution in [0.5, 0.6) is 0 Å². The normalized spacial score (nSPS) is 11.7. The van der Waals surface area contributed by atoms with E-state index in [9.17, 15) is 18.0 Å². The highest BCUT2D eigenvalue weighted by Gasteiger charge is 2.28. The average molecular weight is 341 g/mol. The molecule has 0 aliphatic carbocycles. The van der Waals surface area contributed by atoms with Gasteiger partial charge in [-0.15, -0.1) is 0 Å². The Morgan fingerprint density at radius 1 is 1.47 bits per heavy atom. The van der Waals surface area contributed by atoms with Crippen LogP contribution in [0.2, 0.25) is 0 Å². The molecule has 108 valence electrons. The van der Waals surface area contributed by atoms with Crippen molar-refractivity contribution in [2.75, 3.05) is 13.6 Å². The van der Waals surface area contributed by atoms with Gasteiger partial charge < -0.3 is 9.47 Å². The Balaban J connectivity index is 2.76. The first kappa shape index (κ1) is 16.1. The topological polar surface area (TPSA) is 25.2 Å². The van der Waals surface area contributed by atoms with Crippen LogP contribution in [0.3, 0.4) is 0 Å². The number of rotatable bonds is 5. The molecule has 0 unspecified atom stereocenters. The highest BCUT2D eigenvalue weighted by Crippen LogP contribution is 2.21. The lowest BCUT2D eigenvalue weighted by atomic mass is 10.3. The molecule has 0 saturated heterocycles. The zero-order valence-electron chi connectivity index (χ0n) is 10.8. The van der Waals surface area contributed by atoms with Crippen LogP contribution in [0.25, 0.3) is 0 Å². The smallest absolute Gasteiger partial charge is 0.342 e. The first-order chi connectivity index (χ1) is 8.74. The summed E-state index contributed by atoms with van der Waals surface area (Å²) >= 11 is 3.27.